The number of aryl methyl sites for hydroxylation is 2. The zero-order valence-corrected chi connectivity index (χ0v) is 12.0. The smallest absolute Gasteiger partial charge is 0.329 e. The first-order chi connectivity index (χ1) is 8.74. The van der Waals surface area contributed by atoms with E-state index in [0.717, 1.165) is 4.90 Å². The van der Waals surface area contributed by atoms with Crippen LogP contribution in [0.3, 0.4) is 0 Å². The fraction of sp³-hybridized carbons (Fsp3) is 0.545. The topological polar surface area (TPSA) is 46.1 Å². The molecule has 4 nitrogen and oxygen atoms in total. The molecular weight excluding hydrogens is 327 g/mol. The largest absolute Gasteiger partial charge is 0.406 e. The van der Waals surface area contributed by atoms with Gasteiger partial charge >= 0.3 is 6.18 Å². The Morgan fingerprint density at radius 1 is 1.37 bits per heavy atom. The third kappa shape index (κ3) is 4.77. The maximum Gasteiger partial charge on any atom is 0.406 e. The number of carbonyl (C=O) groups excluding carboxylic acids is 1. The van der Waals surface area contributed by atoms with Gasteiger partial charge in [0.2, 0.25) is 0 Å². The minimum absolute atomic E-state index is 0.0286. The lowest BCUT2D eigenvalue weighted by atomic mass is 10.1. The van der Waals surface area contributed by atoms with Crippen LogP contribution in [0.5, 0.6) is 0 Å². The second kappa shape index (κ2) is 6.31. The Kier molecular flexibility index (Phi) is 5.28. The summed E-state index contributed by atoms with van der Waals surface area (Å²) in [5.74, 6) is -0.688. The normalized spacial score (nSPS) is 11.5. The van der Waals surface area contributed by atoms with Crippen LogP contribution >= 0.6 is 15.9 Å². The van der Waals surface area contributed by atoms with Gasteiger partial charge in [0, 0.05) is 11.9 Å². The highest BCUT2D eigenvalue weighted by molar-refractivity contribution is 9.09. The first-order valence-corrected chi connectivity index (χ1v) is 6.59. The highest BCUT2D eigenvalue weighted by atomic mass is 79.9. The molecule has 1 amide bonds. The van der Waals surface area contributed by atoms with E-state index in [-0.39, 0.29) is 17.4 Å². The summed E-state index contributed by atoms with van der Waals surface area (Å²) in [6, 6.07) is 1.45. The minimum Gasteiger partial charge on any atom is -0.329 e. The van der Waals surface area contributed by atoms with Crippen LogP contribution in [0.2, 0.25) is 0 Å². The molecule has 106 valence electrons. The molecule has 0 aliphatic rings. The predicted molar refractivity (Wildman–Crippen MR) is 67.3 cm³/mol. The highest BCUT2D eigenvalue weighted by Gasteiger charge is 2.33. The average Bonchev–Trinajstić information content (AvgIpc) is 2.29. The Hall–Kier alpha value is -1.18. The van der Waals surface area contributed by atoms with Crippen molar-refractivity contribution in [1.82, 2.24) is 15.1 Å². The molecule has 0 spiro atoms. The second-order valence-corrected chi connectivity index (χ2v) is 4.81. The van der Waals surface area contributed by atoms with Crippen LogP contribution < -0.4 is 0 Å². The van der Waals surface area contributed by atoms with E-state index in [2.05, 4.69) is 26.1 Å². The average molecular weight is 340 g/mol. The standard InChI is InChI=1S/C11H13BrF3N3O/c1-7-5-9(8(2)17-16-7)10(19)18(4-3-12)6-11(13,14)15/h5H,3-4,6H2,1-2H3. The fourth-order valence-corrected chi connectivity index (χ4v) is 1.94. The van der Waals surface area contributed by atoms with Crippen molar-refractivity contribution in [2.75, 3.05) is 18.4 Å². The molecule has 1 rings (SSSR count). The van der Waals surface area contributed by atoms with Gasteiger partial charge in [0.25, 0.3) is 5.91 Å². The number of rotatable bonds is 4. The van der Waals surface area contributed by atoms with Crippen molar-refractivity contribution in [3.63, 3.8) is 0 Å². The monoisotopic (exact) mass is 339 g/mol. The van der Waals surface area contributed by atoms with Gasteiger partial charge in [-0.3, -0.25) is 4.79 Å². The van der Waals surface area contributed by atoms with E-state index in [9.17, 15) is 18.0 Å². The fourth-order valence-electron chi connectivity index (χ4n) is 1.51. The number of aromatic nitrogens is 2. The van der Waals surface area contributed by atoms with Crippen molar-refractivity contribution in [3.05, 3.63) is 23.0 Å². The maximum absolute atomic E-state index is 12.4. The van der Waals surface area contributed by atoms with Gasteiger partial charge in [-0.15, -0.1) is 0 Å². The van der Waals surface area contributed by atoms with E-state index in [1.54, 1.807) is 13.8 Å². The molecule has 0 aliphatic heterocycles. The molecule has 0 aromatic carbocycles. The van der Waals surface area contributed by atoms with Gasteiger partial charge in [-0.1, -0.05) is 15.9 Å². The molecule has 1 aromatic rings. The molecule has 0 unspecified atom stereocenters. The van der Waals surface area contributed by atoms with Gasteiger partial charge < -0.3 is 4.90 Å². The van der Waals surface area contributed by atoms with E-state index in [1.807, 2.05) is 0 Å². The van der Waals surface area contributed by atoms with Gasteiger partial charge in [-0.2, -0.15) is 23.4 Å². The van der Waals surface area contributed by atoms with Gasteiger partial charge in [-0.05, 0) is 19.9 Å². The van der Waals surface area contributed by atoms with E-state index < -0.39 is 18.6 Å². The number of halogens is 4. The van der Waals surface area contributed by atoms with Gasteiger partial charge in [0.15, 0.2) is 0 Å². The van der Waals surface area contributed by atoms with Crippen molar-refractivity contribution < 1.29 is 18.0 Å². The highest BCUT2D eigenvalue weighted by Crippen LogP contribution is 2.19. The quantitative estimate of drug-likeness (QED) is 0.792. The lowest BCUT2D eigenvalue weighted by molar-refractivity contribution is -0.140. The SMILES string of the molecule is Cc1cc(C(=O)N(CCBr)CC(F)(F)F)c(C)nn1. The van der Waals surface area contributed by atoms with Crippen molar-refractivity contribution in [3.8, 4) is 0 Å². The Morgan fingerprint density at radius 3 is 2.53 bits per heavy atom. The zero-order chi connectivity index (χ0) is 14.6. The predicted octanol–water partition coefficient (Wildman–Crippen LogP) is 2.49. The molecule has 19 heavy (non-hydrogen) atoms. The van der Waals surface area contributed by atoms with Crippen LogP contribution in [0, 0.1) is 13.8 Å². The van der Waals surface area contributed by atoms with Crippen LogP contribution in [0.4, 0.5) is 13.2 Å². The Balaban J connectivity index is 3.02. The van der Waals surface area contributed by atoms with Crippen LogP contribution in [0.1, 0.15) is 21.7 Å². The summed E-state index contributed by atoms with van der Waals surface area (Å²) in [5.41, 5.74) is 0.954. The van der Waals surface area contributed by atoms with Crippen LogP contribution in [-0.4, -0.2) is 45.6 Å². The van der Waals surface area contributed by atoms with E-state index in [1.165, 1.54) is 6.07 Å². The molecule has 0 saturated carbocycles. The molecule has 0 saturated heterocycles. The first kappa shape index (κ1) is 15.9. The molecule has 0 radical (unpaired) electrons. The summed E-state index contributed by atoms with van der Waals surface area (Å²) in [6.45, 7) is 1.86. The van der Waals surface area contributed by atoms with Crippen LogP contribution in [-0.2, 0) is 0 Å². The van der Waals surface area contributed by atoms with Crippen molar-refractivity contribution >= 4 is 21.8 Å². The molecule has 0 N–H and O–H groups in total. The molecular formula is C11H13BrF3N3O. The molecule has 0 atom stereocenters. The lowest BCUT2D eigenvalue weighted by Gasteiger charge is -2.23. The Labute approximate surface area is 117 Å². The summed E-state index contributed by atoms with van der Waals surface area (Å²) in [6.07, 6.45) is -4.43. The molecule has 8 heteroatoms. The summed E-state index contributed by atoms with van der Waals surface area (Å²) in [5, 5.41) is 7.77. The maximum atomic E-state index is 12.4. The number of hydrogen-bond donors (Lipinski definition) is 0. The molecule has 0 fully saturated rings. The number of nitrogens with zero attached hydrogens (tertiary/aromatic N) is 3. The Bertz CT molecular complexity index is 465. The van der Waals surface area contributed by atoms with E-state index in [0.29, 0.717) is 11.4 Å². The van der Waals surface area contributed by atoms with Crippen LogP contribution in [0.25, 0.3) is 0 Å². The summed E-state index contributed by atoms with van der Waals surface area (Å²) in [7, 11) is 0. The third-order valence-electron chi connectivity index (χ3n) is 2.34. The summed E-state index contributed by atoms with van der Waals surface area (Å²) in [4.78, 5) is 12.9. The van der Waals surface area contributed by atoms with Crippen molar-refractivity contribution in [2.45, 2.75) is 20.0 Å². The summed E-state index contributed by atoms with van der Waals surface area (Å²) >= 11 is 3.04. The molecule has 0 bridgehead atoms. The van der Waals surface area contributed by atoms with E-state index >= 15 is 0 Å². The van der Waals surface area contributed by atoms with Crippen molar-refractivity contribution in [2.24, 2.45) is 0 Å². The number of hydrogen-bond acceptors (Lipinski definition) is 3. The first-order valence-electron chi connectivity index (χ1n) is 5.47. The number of carbonyl (C=O) groups is 1. The Morgan fingerprint density at radius 2 is 2.00 bits per heavy atom. The minimum atomic E-state index is -4.43. The van der Waals surface area contributed by atoms with Gasteiger partial charge in [-0.25, -0.2) is 0 Å². The van der Waals surface area contributed by atoms with Gasteiger partial charge in [0.1, 0.15) is 6.54 Å². The molecule has 1 aromatic heterocycles. The molecule has 1 heterocycles. The van der Waals surface area contributed by atoms with Crippen LogP contribution in [0.15, 0.2) is 6.07 Å². The lowest BCUT2D eigenvalue weighted by Crippen LogP contribution is -2.40. The summed E-state index contributed by atoms with van der Waals surface area (Å²) < 4.78 is 37.3. The number of amides is 1. The van der Waals surface area contributed by atoms with E-state index in [4.69, 9.17) is 0 Å². The number of alkyl halides is 4. The van der Waals surface area contributed by atoms with Crippen molar-refractivity contribution in [1.29, 1.82) is 0 Å². The second-order valence-electron chi connectivity index (χ2n) is 4.02. The zero-order valence-electron chi connectivity index (χ0n) is 10.5. The third-order valence-corrected chi connectivity index (χ3v) is 2.70. The van der Waals surface area contributed by atoms with Gasteiger partial charge in [0.05, 0.1) is 17.0 Å². The molecule has 0 aliphatic carbocycles.